The van der Waals surface area contributed by atoms with Crippen LogP contribution in [0.25, 0.3) is 0 Å². The van der Waals surface area contributed by atoms with Crippen molar-refractivity contribution in [2.75, 3.05) is 7.05 Å². The molecule has 0 radical (unpaired) electrons. The summed E-state index contributed by atoms with van der Waals surface area (Å²) in [6.07, 6.45) is 9.71. The third kappa shape index (κ3) is 1.40. The Morgan fingerprint density at radius 1 is 1.60 bits per heavy atom. The summed E-state index contributed by atoms with van der Waals surface area (Å²) in [5.41, 5.74) is 0.385. The highest BCUT2D eigenvalue weighted by atomic mass is 14.9. The van der Waals surface area contributed by atoms with Crippen LogP contribution in [-0.4, -0.2) is 12.6 Å². The molecule has 1 aliphatic carbocycles. The van der Waals surface area contributed by atoms with Gasteiger partial charge in [0.05, 0.1) is 0 Å². The minimum Gasteiger partial charge on any atom is -0.311 e. The molecule has 0 aromatic heterocycles. The van der Waals surface area contributed by atoms with Crippen LogP contribution in [0, 0.1) is 0 Å². The van der Waals surface area contributed by atoms with Crippen molar-refractivity contribution in [3.63, 3.8) is 0 Å². The lowest BCUT2D eigenvalue weighted by Gasteiger charge is -2.35. The van der Waals surface area contributed by atoms with Gasteiger partial charge < -0.3 is 5.32 Å². The molecule has 1 aliphatic rings. The molecule has 0 aliphatic heterocycles. The summed E-state index contributed by atoms with van der Waals surface area (Å²) in [6, 6.07) is 0. The van der Waals surface area contributed by atoms with Crippen LogP contribution < -0.4 is 5.32 Å². The van der Waals surface area contributed by atoms with Crippen LogP contribution in [0.5, 0.6) is 0 Å². The maximum Gasteiger partial charge on any atom is 0.0396 e. The molecule has 58 valence electrons. The summed E-state index contributed by atoms with van der Waals surface area (Å²) in [6.45, 7) is 2.24. The lowest BCUT2D eigenvalue weighted by molar-refractivity contribution is 0.366. The summed E-state index contributed by atoms with van der Waals surface area (Å²) < 4.78 is 0. The molecule has 0 spiro atoms. The van der Waals surface area contributed by atoms with Gasteiger partial charge in [0.1, 0.15) is 0 Å². The van der Waals surface area contributed by atoms with Gasteiger partial charge in [0.15, 0.2) is 0 Å². The topological polar surface area (TPSA) is 12.0 Å². The van der Waals surface area contributed by atoms with E-state index in [4.69, 9.17) is 0 Å². The minimum absolute atomic E-state index is 0.385. The Hall–Kier alpha value is -0.300. The van der Waals surface area contributed by atoms with Crippen LogP contribution in [0.15, 0.2) is 12.2 Å². The van der Waals surface area contributed by atoms with Crippen molar-refractivity contribution in [2.24, 2.45) is 0 Å². The molecule has 0 aromatic rings. The van der Waals surface area contributed by atoms with Gasteiger partial charge in [0, 0.05) is 5.54 Å². The van der Waals surface area contributed by atoms with Crippen LogP contribution in [0.4, 0.5) is 0 Å². The van der Waals surface area contributed by atoms with Gasteiger partial charge in [-0.05, 0) is 19.9 Å². The normalized spacial score (nSPS) is 30.2. The first-order chi connectivity index (χ1) is 4.83. The molecule has 1 N–H and O–H groups in total. The summed E-state index contributed by atoms with van der Waals surface area (Å²) in [4.78, 5) is 0. The SMILES string of the molecule is CCCCC1(NC)C=CC1. The van der Waals surface area contributed by atoms with Gasteiger partial charge in [-0.15, -0.1) is 0 Å². The van der Waals surface area contributed by atoms with Crippen molar-refractivity contribution in [3.05, 3.63) is 12.2 Å². The van der Waals surface area contributed by atoms with E-state index in [0.717, 1.165) is 0 Å². The number of nitrogens with one attached hydrogen (secondary N) is 1. The molecule has 0 amide bonds. The Balaban J connectivity index is 2.28. The van der Waals surface area contributed by atoms with E-state index in [9.17, 15) is 0 Å². The fraction of sp³-hybridized carbons (Fsp3) is 0.778. The van der Waals surface area contributed by atoms with E-state index in [-0.39, 0.29) is 0 Å². The Kier molecular flexibility index (Phi) is 2.50. The molecule has 0 bridgehead atoms. The number of unbranched alkanes of at least 4 members (excludes halogenated alkanes) is 1. The van der Waals surface area contributed by atoms with Gasteiger partial charge in [-0.25, -0.2) is 0 Å². The zero-order valence-corrected chi connectivity index (χ0v) is 6.98. The van der Waals surface area contributed by atoms with E-state index < -0.39 is 0 Å². The number of likely N-dealkylation sites (N-methyl/N-ethyl adjacent to an activating group) is 1. The molecule has 0 saturated carbocycles. The molecule has 1 rings (SSSR count). The Bertz CT molecular complexity index is 129. The molecule has 1 unspecified atom stereocenters. The van der Waals surface area contributed by atoms with E-state index >= 15 is 0 Å². The number of hydrogen-bond acceptors (Lipinski definition) is 1. The highest BCUT2D eigenvalue weighted by molar-refractivity contribution is 5.18. The molecular weight excluding hydrogens is 122 g/mol. The van der Waals surface area contributed by atoms with E-state index in [1.165, 1.54) is 25.7 Å². The van der Waals surface area contributed by atoms with E-state index in [1.54, 1.807) is 0 Å². The van der Waals surface area contributed by atoms with Crippen molar-refractivity contribution in [3.8, 4) is 0 Å². The van der Waals surface area contributed by atoms with E-state index in [0.29, 0.717) is 5.54 Å². The first-order valence-electron chi connectivity index (χ1n) is 4.19. The zero-order valence-electron chi connectivity index (χ0n) is 6.98. The highest BCUT2D eigenvalue weighted by Gasteiger charge is 2.27. The first kappa shape index (κ1) is 7.80. The molecule has 0 saturated heterocycles. The zero-order chi connectivity index (χ0) is 7.45. The summed E-state index contributed by atoms with van der Waals surface area (Å²) in [5, 5.41) is 3.36. The van der Waals surface area contributed by atoms with Gasteiger partial charge in [-0.1, -0.05) is 31.9 Å². The van der Waals surface area contributed by atoms with Crippen molar-refractivity contribution in [2.45, 2.75) is 38.1 Å². The standard InChI is InChI=1S/C9H17N/c1-3-4-6-9(10-2)7-5-8-9/h5,7,10H,3-4,6,8H2,1-2H3. The van der Waals surface area contributed by atoms with Crippen LogP contribution in [0.2, 0.25) is 0 Å². The Morgan fingerprint density at radius 3 is 2.60 bits per heavy atom. The second-order valence-corrected chi connectivity index (χ2v) is 3.12. The van der Waals surface area contributed by atoms with Gasteiger partial charge in [0.25, 0.3) is 0 Å². The van der Waals surface area contributed by atoms with Crippen LogP contribution in [-0.2, 0) is 0 Å². The molecule has 0 aromatic carbocycles. The van der Waals surface area contributed by atoms with Crippen molar-refractivity contribution < 1.29 is 0 Å². The van der Waals surface area contributed by atoms with Crippen LogP contribution >= 0.6 is 0 Å². The maximum atomic E-state index is 3.36. The molecule has 10 heavy (non-hydrogen) atoms. The fourth-order valence-electron chi connectivity index (χ4n) is 1.39. The van der Waals surface area contributed by atoms with Crippen LogP contribution in [0.3, 0.4) is 0 Å². The van der Waals surface area contributed by atoms with Gasteiger partial charge in [-0.3, -0.25) is 0 Å². The van der Waals surface area contributed by atoms with Gasteiger partial charge >= 0.3 is 0 Å². The summed E-state index contributed by atoms with van der Waals surface area (Å²) in [7, 11) is 2.05. The largest absolute Gasteiger partial charge is 0.311 e. The Labute approximate surface area is 63.5 Å². The monoisotopic (exact) mass is 139 g/mol. The molecule has 1 nitrogen and oxygen atoms in total. The Morgan fingerprint density at radius 2 is 2.30 bits per heavy atom. The van der Waals surface area contributed by atoms with E-state index in [2.05, 4.69) is 31.4 Å². The molecule has 0 heterocycles. The quantitative estimate of drug-likeness (QED) is 0.588. The summed E-state index contributed by atoms with van der Waals surface area (Å²) in [5.74, 6) is 0. The number of hydrogen-bond donors (Lipinski definition) is 1. The molecule has 1 heteroatoms. The van der Waals surface area contributed by atoms with Crippen molar-refractivity contribution >= 4 is 0 Å². The molecule has 0 fully saturated rings. The predicted octanol–water partition coefficient (Wildman–Crippen LogP) is 2.09. The average molecular weight is 139 g/mol. The summed E-state index contributed by atoms with van der Waals surface area (Å²) >= 11 is 0. The second-order valence-electron chi connectivity index (χ2n) is 3.12. The van der Waals surface area contributed by atoms with E-state index in [1.807, 2.05) is 0 Å². The van der Waals surface area contributed by atoms with Crippen molar-refractivity contribution in [1.29, 1.82) is 0 Å². The number of rotatable bonds is 4. The maximum absolute atomic E-state index is 3.36. The van der Waals surface area contributed by atoms with Crippen molar-refractivity contribution in [1.82, 2.24) is 5.32 Å². The second kappa shape index (κ2) is 3.20. The van der Waals surface area contributed by atoms with Crippen LogP contribution in [0.1, 0.15) is 32.6 Å². The van der Waals surface area contributed by atoms with Gasteiger partial charge in [0.2, 0.25) is 0 Å². The lowest BCUT2D eigenvalue weighted by Crippen LogP contribution is -2.44. The lowest BCUT2D eigenvalue weighted by atomic mass is 9.81. The smallest absolute Gasteiger partial charge is 0.0396 e. The van der Waals surface area contributed by atoms with Gasteiger partial charge in [-0.2, -0.15) is 0 Å². The molecule has 1 atom stereocenters. The fourth-order valence-corrected chi connectivity index (χ4v) is 1.39. The minimum atomic E-state index is 0.385. The third-order valence-electron chi connectivity index (χ3n) is 2.39. The highest BCUT2D eigenvalue weighted by Crippen LogP contribution is 2.27. The third-order valence-corrected chi connectivity index (χ3v) is 2.39. The predicted molar refractivity (Wildman–Crippen MR) is 45.1 cm³/mol. The first-order valence-corrected chi connectivity index (χ1v) is 4.19. The average Bonchev–Trinajstić information content (AvgIpc) is 1.87. The molecular formula is C9H17N.